The highest BCUT2D eigenvalue weighted by Gasteiger charge is 2.32. The largest absolute Gasteiger partial charge is 0.368 e. The van der Waals surface area contributed by atoms with Gasteiger partial charge in [-0.25, -0.2) is 24.2 Å². The Labute approximate surface area is 219 Å². The second-order valence-corrected chi connectivity index (χ2v) is 10.1. The molecule has 5 heterocycles. The van der Waals surface area contributed by atoms with Gasteiger partial charge in [-0.3, -0.25) is 14.8 Å². The third kappa shape index (κ3) is 4.79. The maximum atomic E-state index is 14.2. The van der Waals surface area contributed by atoms with Crippen LogP contribution in [0.25, 0.3) is 11.0 Å². The van der Waals surface area contributed by atoms with E-state index in [1.807, 2.05) is 11.1 Å². The number of aromatic nitrogens is 3. The minimum atomic E-state index is -0.697. The van der Waals surface area contributed by atoms with Crippen LogP contribution in [0, 0.1) is 11.6 Å². The maximum absolute atomic E-state index is 14.2. The minimum Gasteiger partial charge on any atom is -0.368 e. The highest BCUT2D eigenvalue weighted by molar-refractivity contribution is 5.85. The number of anilines is 2. The van der Waals surface area contributed by atoms with Crippen LogP contribution >= 0.6 is 0 Å². The fraction of sp³-hybridized carbons (Fsp3) is 0.407. The molecule has 0 spiro atoms. The lowest BCUT2D eigenvalue weighted by atomic mass is 9.92. The Morgan fingerprint density at radius 3 is 2.55 bits per heavy atom. The number of amides is 1. The maximum Gasteiger partial charge on any atom is 0.245 e. The van der Waals surface area contributed by atoms with Crippen molar-refractivity contribution in [3.05, 3.63) is 66.4 Å². The van der Waals surface area contributed by atoms with Crippen molar-refractivity contribution in [2.45, 2.75) is 24.8 Å². The summed E-state index contributed by atoms with van der Waals surface area (Å²) in [6.07, 6.45) is 8.37. The molecule has 2 saturated heterocycles. The highest BCUT2D eigenvalue weighted by atomic mass is 19.1. The molecule has 0 bridgehead atoms. The number of nitrogens with one attached hydrogen (secondary N) is 1. The third-order valence-corrected chi connectivity index (χ3v) is 7.69. The highest BCUT2D eigenvalue weighted by Crippen LogP contribution is 2.32. The molecular weight excluding hydrogens is 490 g/mol. The summed E-state index contributed by atoms with van der Waals surface area (Å²) in [5.74, 6) is -1.24. The van der Waals surface area contributed by atoms with Crippen LogP contribution in [0.5, 0.6) is 0 Å². The van der Waals surface area contributed by atoms with Gasteiger partial charge in [-0.05, 0) is 44.2 Å². The van der Waals surface area contributed by atoms with E-state index in [4.69, 9.17) is 4.98 Å². The Bertz CT molecular complexity index is 1370. The average Bonchev–Trinajstić information content (AvgIpc) is 3.42. The summed E-state index contributed by atoms with van der Waals surface area (Å²) in [5.41, 5.74) is 6.85. The minimum absolute atomic E-state index is 0.0767. The zero-order chi connectivity index (χ0) is 26.2. The van der Waals surface area contributed by atoms with Gasteiger partial charge in [0.15, 0.2) is 5.82 Å². The third-order valence-electron chi connectivity index (χ3n) is 7.69. The van der Waals surface area contributed by atoms with Crippen LogP contribution in [0.3, 0.4) is 0 Å². The van der Waals surface area contributed by atoms with Crippen molar-refractivity contribution in [2.75, 3.05) is 56.2 Å². The average molecular weight is 521 g/mol. The molecule has 11 heteroatoms. The van der Waals surface area contributed by atoms with Crippen LogP contribution in [-0.2, 0) is 4.79 Å². The van der Waals surface area contributed by atoms with E-state index in [9.17, 15) is 13.6 Å². The molecule has 1 aromatic carbocycles. The first kappa shape index (κ1) is 24.6. The summed E-state index contributed by atoms with van der Waals surface area (Å²) >= 11 is 0. The molecule has 1 N–H and O–H groups in total. The SMILES string of the molecule is CN1CCN(c2cnc3c(C4CCN(C(=O)C5C=CN(c6ccc(F)cc6F)N5)CC4)ncnc3c2)CC1. The number of benzene rings is 1. The number of fused-ring (bicyclic) bond motifs is 1. The number of carbonyl (C=O) groups is 1. The zero-order valence-corrected chi connectivity index (χ0v) is 21.2. The van der Waals surface area contributed by atoms with Gasteiger partial charge in [0.25, 0.3) is 0 Å². The van der Waals surface area contributed by atoms with Crippen LogP contribution in [-0.4, -0.2) is 83.0 Å². The molecule has 9 nitrogen and oxygen atoms in total. The van der Waals surface area contributed by atoms with E-state index >= 15 is 0 Å². The van der Waals surface area contributed by atoms with Gasteiger partial charge >= 0.3 is 0 Å². The molecule has 6 rings (SSSR count). The molecule has 0 saturated carbocycles. The van der Waals surface area contributed by atoms with Crippen molar-refractivity contribution in [2.24, 2.45) is 0 Å². The zero-order valence-electron chi connectivity index (χ0n) is 21.2. The molecule has 38 heavy (non-hydrogen) atoms. The number of likely N-dealkylation sites (N-methyl/N-ethyl adjacent to an activating group) is 1. The van der Waals surface area contributed by atoms with Crippen molar-refractivity contribution in [1.29, 1.82) is 0 Å². The Hall–Kier alpha value is -3.70. The molecule has 2 fully saturated rings. The van der Waals surface area contributed by atoms with E-state index in [1.165, 1.54) is 17.1 Å². The van der Waals surface area contributed by atoms with Gasteiger partial charge in [0.1, 0.15) is 23.7 Å². The molecule has 1 atom stereocenters. The molecule has 3 aromatic rings. The standard InChI is InChI=1S/C27H30F2N8O/c1-34-10-12-35(13-11-34)20-15-23-26(30-16-20)25(32-17-31-23)18-4-7-36(8-5-18)27(38)22-6-9-37(33-22)24-3-2-19(28)14-21(24)29/h2-3,6,9,14-18,22,33H,4-5,7-8,10-13H2,1H3. The molecule has 1 amide bonds. The number of pyridine rings is 1. The van der Waals surface area contributed by atoms with E-state index in [1.54, 1.807) is 18.6 Å². The number of likely N-dealkylation sites (tertiary alicyclic amines) is 1. The number of piperidine rings is 1. The van der Waals surface area contributed by atoms with Gasteiger partial charge in [0.05, 0.1) is 28.8 Å². The quantitative estimate of drug-likeness (QED) is 0.563. The smallest absolute Gasteiger partial charge is 0.245 e. The molecule has 0 aliphatic carbocycles. The van der Waals surface area contributed by atoms with Gasteiger partial charge in [0.2, 0.25) is 5.91 Å². The Kier molecular flexibility index (Phi) is 6.62. The number of nitrogens with zero attached hydrogens (tertiary/aromatic N) is 7. The predicted molar refractivity (Wildman–Crippen MR) is 140 cm³/mol. The van der Waals surface area contributed by atoms with E-state index < -0.39 is 17.7 Å². The van der Waals surface area contributed by atoms with E-state index in [0.29, 0.717) is 13.1 Å². The van der Waals surface area contributed by atoms with Crippen LogP contribution in [0.4, 0.5) is 20.2 Å². The number of rotatable bonds is 4. The summed E-state index contributed by atoms with van der Waals surface area (Å²) < 4.78 is 27.4. The summed E-state index contributed by atoms with van der Waals surface area (Å²) in [5, 5.41) is 1.42. The van der Waals surface area contributed by atoms with Crippen LogP contribution in [0.2, 0.25) is 0 Å². The Morgan fingerprint density at radius 1 is 1.00 bits per heavy atom. The first-order valence-electron chi connectivity index (χ1n) is 13.0. The summed E-state index contributed by atoms with van der Waals surface area (Å²) in [7, 11) is 2.14. The van der Waals surface area contributed by atoms with Crippen molar-refractivity contribution in [3.63, 3.8) is 0 Å². The van der Waals surface area contributed by atoms with Gasteiger partial charge in [-0.2, -0.15) is 0 Å². The van der Waals surface area contributed by atoms with Crippen LogP contribution in [0.1, 0.15) is 24.5 Å². The fourth-order valence-electron chi connectivity index (χ4n) is 5.43. The van der Waals surface area contributed by atoms with Gasteiger partial charge in [0, 0.05) is 57.5 Å². The first-order chi connectivity index (χ1) is 18.5. The van der Waals surface area contributed by atoms with Crippen molar-refractivity contribution in [1.82, 2.24) is 30.2 Å². The molecule has 3 aliphatic heterocycles. The van der Waals surface area contributed by atoms with Crippen molar-refractivity contribution < 1.29 is 13.6 Å². The second kappa shape index (κ2) is 10.2. The number of hydrazine groups is 1. The molecule has 2 aromatic heterocycles. The van der Waals surface area contributed by atoms with Crippen LogP contribution in [0.15, 0.2) is 49.1 Å². The lowest BCUT2D eigenvalue weighted by Gasteiger charge is -2.34. The molecular formula is C27H30F2N8O. The lowest BCUT2D eigenvalue weighted by Crippen LogP contribution is -2.49. The van der Waals surface area contributed by atoms with E-state index in [-0.39, 0.29) is 17.5 Å². The predicted octanol–water partition coefficient (Wildman–Crippen LogP) is 2.67. The van der Waals surface area contributed by atoms with Crippen LogP contribution < -0.4 is 15.3 Å². The first-order valence-corrected chi connectivity index (χ1v) is 13.0. The Morgan fingerprint density at radius 2 is 1.79 bits per heavy atom. The molecule has 0 radical (unpaired) electrons. The summed E-state index contributed by atoms with van der Waals surface area (Å²) in [6.45, 7) is 5.16. The number of halogens is 2. The van der Waals surface area contributed by atoms with Crippen molar-refractivity contribution in [3.8, 4) is 0 Å². The van der Waals surface area contributed by atoms with E-state index in [2.05, 4.69) is 38.3 Å². The molecule has 1 unspecified atom stereocenters. The lowest BCUT2D eigenvalue weighted by molar-refractivity contribution is -0.133. The number of hydrogen-bond donors (Lipinski definition) is 1. The topological polar surface area (TPSA) is 80.7 Å². The van der Waals surface area contributed by atoms with Crippen molar-refractivity contribution >= 4 is 28.3 Å². The second-order valence-electron chi connectivity index (χ2n) is 10.1. The fourth-order valence-corrected chi connectivity index (χ4v) is 5.43. The monoisotopic (exact) mass is 520 g/mol. The van der Waals surface area contributed by atoms with Gasteiger partial charge < -0.3 is 14.7 Å². The normalized spacial score (nSPS) is 21.0. The number of piperazine rings is 1. The van der Waals surface area contributed by atoms with Gasteiger partial charge in [-0.1, -0.05) is 0 Å². The molecule has 3 aliphatic rings. The van der Waals surface area contributed by atoms with Gasteiger partial charge in [-0.15, -0.1) is 0 Å². The summed E-state index contributed by atoms with van der Waals surface area (Å²) in [6, 6.07) is 4.85. The molecule has 198 valence electrons. The van der Waals surface area contributed by atoms with E-state index in [0.717, 1.165) is 67.5 Å². The number of carbonyl (C=O) groups excluding carboxylic acids is 1. The summed E-state index contributed by atoms with van der Waals surface area (Å²) in [4.78, 5) is 33.5. The Balaban J connectivity index is 1.09. The number of hydrogen-bond acceptors (Lipinski definition) is 8.